The Bertz CT molecular complexity index is 777. The van der Waals surface area contributed by atoms with Crippen LogP contribution < -0.4 is 16.0 Å². The van der Waals surface area contributed by atoms with Crippen LogP contribution in [-0.4, -0.2) is 24.4 Å². The van der Waals surface area contributed by atoms with Gasteiger partial charge >= 0.3 is 0 Å². The second kappa shape index (κ2) is 7.38. The Labute approximate surface area is 147 Å². The number of amides is 2. The Morgan fingerprint density at radius 1 is 1.00 bits per heavy atom. The van der Waals surface area contributed by atoms with Crippen molar-refractivity contribution in [3.63, 3.8) is 0 Å². The Morgan fingerprint density at radius 3 is 2.40 bits per heavy atom. The zero-order valence-electron chi connectivity index (χ0n) is 14.6. The Kier molecular flexibility index (Phi) is 5.03. The van der Waals surface area contributed by atoms with Crippen LogP contribution >= 0.6 is 0 Å². The maximum atomic E-state index is 12.2. The second-order valence-corrected chi connectivity index (χ2v) is 6.61. The molecule has 1 saturated carbocycles. The predicted molar refractivity (Wildman–Crippen MR) is 100.0 cm³/mol. The van der Waals surface area contributed by atoms with Gasteiger partial charge in [0.15, 0.2) is 0 Å². The smallest absolute Gasteiger partial charge is 0.251 e. The van der Waals surface area contributed by atoms with Crippen LogP contribution in [0.15, 0.2) is 42.5 Å². The van der Waals surface area contributed by atoms with Crippen molar-refractivity contribution in [1.29, 1.82) is 0 Å². The molecule has 2 aromatic rings. The highest BCUT2D eigenvalue weighted by Crippen LogP contribution is 2.20. The van der Waals surface area contributed by atoms with Gasteiger partial charge in [-0.15, -0.1) is 0 Å². The van der Waals surface area contributed by atoms with Crippen LogP contribution in [0.4, 0.5) is 11.4 Å². The summed E-state index contributed by atoms with van der Waals surface area (Å²) in [7, 11) is 0. The summed E-state index contributed by atoms with van der Waals surface area (Å²) in [5, 5.41) is 8.89. The van der Waals surface area contributed by atoms with E-state index >= 15 is 0 Å². The van der Waals surface area contributed by atoms with Crippen molar-refractivity contribution in [2.24, 2.45) is 0 Å². The van der Waals surface area contributed by atoms with Gasteiger partial charge in [0.05, 0.1) is 6.54 Å². The zero-order valence-corrected chi connectivity index (χ0v) is 14.6. The maximum Gasteiger partial charge on any atom is 0.251 e. The summed E-state index contributed by atoms with van der Waals surface area (Å²) in [5.41, 5.74) is 4.41. The molecule has 0 aromatic heterocycles. The maximum absolute atomic E-state index is 12.2. The molecule has 2 aromatic carbocycles. The van der Waals surface area contributed by atoms with Crippen LogP contribution in [0.1, 0.15) is 34.3 Å². The summed E-state index contributed by atoms with van der Waals surface area (Å²) in [4.78, 5) is 24.2. The average Bonchev–Trinajstić information content (AvgIpc) is 3.36. The lowest BCUT2D eigenvalue weighted by Crippen LogP contribution is -2.26. The average molecular weight is 337 g/mol. The largest absolute Gasteiger partial charge is 0.376 e. The first-order valence-electron chi connectivity index (χ1n) is 8.52. The second-order valence-electron chi connectivity index (χ2n) is 6.61. The van der Waals surface area contributed by atoms with Crippen molar-refractivity contribution in [3.8, 4) is 0 Å². The number of rotatable bonds is 6. The fourth-order valence-electron chi connectivity index (χ4n) is 2.70. The molecule has 3 N–H and O–H groups in total. The monoisotopic (exact) mass is 337 g/mol. The van der Waals surface area contributed by atoms with Gasteiger partial charge in [0.25, 0.3) is 5.91 Å². The van der Waals surface area contributed by atoms with Crippen LogP contribution in [0.2, 0.25) is 0 Å². The molecule has 2 amide bonds. The van der Waals surface area contributed by atoms with Crippen LogP contribution in [-0.2, 0) is 4.79 Å². The van der Waals surface area contributed by atoms with E-state index in [1.807, 2.05) is 26.0 Å². The fourth-order valence-corrected chi connectivity index (χ4v) is 2.70. The molecule has 0 spiro atoms. The van der Waals surface area contributed by atoms with Crippen molar-refractivity contribution in [2.75, 3.05) is 17.2 Å². The van der Waals surface area contributed by atoms with Crippen LogP contribution in [0.3, 0.4) is 0 Å². The van der Waals surface area contributed by atoms with Gasteiger partial charge in [-0.2, -0.15) is 0 Å². The Morgan fingerprint density at radius 2 is 1.72 bits per heavy atom. The number of hydrogen-bond donors (Lipinski definition) is 3. The number of carbonyl (C=O) groups is 2. The first kappa shape index (κ1) is 17.0. The Hall–Kier alpha value is -2.82. The fraction of sp³-hybridized carbons (Fsp3) is 0.300. The first-order valence-corrected chi connectivity index (χ1v) is 8.52. The van der Waals surface area contributed by atoms with E-state index in [-0.39, 0.29) is 18.4 Å². The number of anilines is 2. The van der Waals surface area contributed by atoms with E-state index < -0.39 is 0 Å². The lowest BCUT2D eigenvalue weighted by atomic mass is 10.1. The van der Waals surface area contributed by atoms with E-state index in [4.69, 9.17) is 0 Å². The number of aryl methyl sites for hydroxylation is 2. The van der Waals surface area contributed by atoms with Gasteiger partial charge in [0, 0.05) is 23.0 Å². The molecular formula is C20H23N3O2. The number of hydrogen-bond acceptors (Lipinski definition) is 3. The highest BCUT2D eigenvalue weighted by Gasteiger charge is 2.23. The minimum absolute atomic E-state index is 0.0908. The van der Waals surface area contributed by atoms with Gasteiger partial charge < -0.3 is 16.0 Å². The molecule has 0 aliphatic heterocycles. The van der Waals surface area contributed by atoms with Gasteiger partial charge in [0.1, 0.15) is 0 Å². The third-order valence-corrected chi connectivity index (χ3v) is 4.00. The third-order valence-electron chi connectivity index (χ3n) is 4.00. The van der Waals surface area contributed by atoms with E-state index in [2.05, 4.69) is 22.0 Å². The van der Waals surface area contributed by atoms with Crippen molar-refractivity contribution in [1.82, 2.24) is 5.32 Å². The lowest BCUT2D eigenvalue weighted by Gasteiger charge is -2.10. The molecule has 1 fully saturated rings. The first-order chi connectivity index (χ1) is 12.0. The molecule has 5 nitrogen and oxygen atoms in total. The molecule has 0 bridgehead atoms. The quantitative estimate of drug-likeness (QED) is 0.758. The summed E-state index contributed by atoms with van der Waals surface area (Å²) in [5.74, 6) is -0.245. The highest BCUT2D eigenvalue weighted by atomic mass is 16.2. The minimum Gasteiger partial charge on any atom is -0.376 e. The molecule has 0 unspecified atom stereocenters. The summed E-state index contributed by atoms with van der Waals surface area (Å²) in [6.45, 7) is 4.22. The summed E-state index contributed by atoms with van der Waals surface area (Å²) < 4.78 is 0. The van der Waals surface area contributed by atoms with Crippen LogP contribution in [0.5, 0.6) is 0 Å². The number of carbonyl (C=O) groups excluding carboxylic acids is 2. The third kappa shape index (κ3) is 5.08. The molecule has 0 saturated heterocycles. The molecule has 0 atom stereocenters. The molecule has 0 heterocycles. The van der Waals surface area contributed by atoms with E-state index in [0.717, 1.165) is 29.7 Å². The Balaban J connectivity index is 1.56. The summed E-state index contributed by atoms with van der Waals surface area (Å²) in [6, 6.07) is 13.4. The summed E-state index contributed by atoms with van der Waals surface area (Å²) >= 11 is 0. The van der Waals surface area contributed by atoms with Gasteiger partial charge in [-0.25, -0.2) is 0 Å². The highest BCUT2D eigenvalue weighted by molar-refractivity contribution is 5.98. The topological polar surface area (TPSA) is 70.2 Å². The van der Waals surface area contributed by atoms with Crippen LogP contribution in [0.25, 0.3) is 0 Å². The molecule has 1 aliphatic rings. The normalized spacial score (nSPS) is 13.2. The molecule has 130 valence electrons. The predicted octanol–water partition coefficient (Wildman–Crippen LogP) is 3.25. The van der Waals surface area contributed by atoms with E-state index in [1.54, 1.807) is 24.3 Å². The molecular weight excluding hydrogens is 314 g/mol. The minimum atomic E-state index is -0.154. The van der Waals surface area contributed by atoms with E-state index in [0.29, 0.717) is 17.3 Å². The van der Waals surface area contributed by atoms with E-state index in [9.17, 15) is 9.59 Å². The van der Waals surface area contributed by atoms with Crippen molar-refractivity contribution >= 4 is 23.2 Å². The lowest BCUT2D eigenvalue weighted by molar-refractivity contribution is -0.114. The van der Waals surface area contributed by atoms with Gasteiger partial charge in [-0.3, -0.25) is 9.59 Å². The molecule has 3 rings (SSSR count). The van der Waals surface area contributed by atoms with Crippen molar-refractivity contribution in [2.45, 2.75) is 32.7 Å². The van der Waals surface area contributed by atoms with E-state index in [1.165, 1.54) is 0 Å². The van der Waals surface area contributed by atoms with Gasteiger partial charge in [0.2, 0.25) is 5.91 Å². The number of nitrogens with one attached hydrogen (secondary N) is 3. The number of benzene rings is 2. The molecule has 1 aliphatic carbocycles. The van der Waals surface area contributed by atoms with Crippen molar-refractivity contribution in [3.05, 3.63) is 59.2 Å². The zero-order chi connectivity index (χ0) is 17.8. The van der Waals surface area contributed by atoms with Crippen molar-refractivity contribution < 1.29 is 9.59 Å². The molecule has 25 heavy (non-hydrogen) atoms. The molecule has 0 radical (unpaired) electrons. The van der Waals surface area contributed by atoms with Gasteiger partial charge in [-0.05, 0) is 68.1 Å². The van der Waals surface area contributed by atoms with Gasteiger partial charge in [-0.1, -0.05) is 12.1 Å². The summed E-state index contributed by atoms with van der Waals surface area (Å²) in [6.07, 6.45) is 2.10. The SMILES string of the molecule is Cc1cc(C)cc(NCC(=O)Nc2cccc(C(=O)NC3CC3)c2)c1. The standard InChI is InChI=1S/C20H23N3O2/c1-13-8-14(2)10-18(9-13)21-12-19(24)22-17-5-3-4-15(11-17)20(25)23-16-6-7-16/h3-5,8-11,16,21H,6-7,12H2,1-2H3,(H,22,24)(H,23,25). The van der Waals surface area contributed by atoms with Crippen LogP contribution in [0, 0.1) is 13.8 Å². The molecule has 5 heteroatoms.